The molecule has 0 unspecified atom stereocenters. The Bertz CT molecular complexity index is 642. The molecule has 2 aromatic carbocycles. The van der Waals surface area contributed by atoms with E-state index in [1.165, 1.54) is 36.8 Å². The van der Waals surface area contributed by atoms with Crippen LogP contribution in [-0.2, 0) is 0 Å². The summed E-state index contributed by atoms with van der Waals surface area (Å²) in [4.78, 5) is 9.94. The van der Waals surface area contributed by atoms with Crippen molar-refractivity contribution in [1.29, 1.82) is 0 Å². The third kappa shape index (κ3) is 3.85. The van der Waals surface area contributed by atoms with Crippen LogP contribution in [0.5, 0.6) is 0 Å². The fraction of sp³-hybridized carbons (Fsp3) is 0.333. The van der Waals surface area contributed by atoms with Crippen molar-refractivity contribution in [2.75, 3.05) is 5.73 Å². The lowest BCUT2D eigenvalue weighted by Crippen LogP contribution is -1.87. The first-order chi connectivity index (χ1) is 10.6. The molecule has 2 aromatic rings. The minimum absolute atomic E-state index is 0.180. The molecule has 2 aliphatic rings. The Hall–Kier alpha value is -2.36. The van der Waals surface area contributed by atoms with Crippen molar-refractivity contribution in [3.8, 4) is 0 Å². The first kappa shape index (κ1) is 14.6. The van der Waals surface area contributed by atoms with Crippen LogP contribution in [0.15, 0.2) is 48.5 Å². The number of benzene rings is 2. The summed E-state index contributed by atoms with van der Waals surface area (Å²) in [6.07, 6.45) is 5.20. The number of nitro benzene ring substituents is 1. The Balaban J connectivity index is 0.000000133. The molecule has 0 spiro atoms. The third-order valence-electron chi connectivity index (χ3n) is 4.14. The van der Waals surface area contributed by atoms with Gasteiger partial charge in [-0.25, -0.2) is 0 Å². The van der Waals surface area contributed by atoms with E-state index < -0.39 is 0 Å². The molecule has 0 amide bonds. The Morgan fingerprint density at radius 2 is 1.23 bits per heavy atom. The molecule has 114 valence electrons. The molecular weight excluding hydrogens is 276 g/mol. The van der Waals surface area contributed by atoms with Gasteiger partial charge in [-0.3, -0.25) is 10.1 Å². The van der Waals surface area contributed by atoms with Gasteiger partial charge in [-0.1, -0.05) is 24.3 Å². The standard InChI is InChI=1S/C9H9NO2.C9H11N/c11-10(12)9-5-3-8(4-6-9)7-1-2-7;10-9-5-3-8(4-6-9)7-1-2-7/h3-7H,1-2H2;3-7H,1-2,10H2. The van der Waals surface area contributed by atoms with Crippen LogP contribution >= 0.6 is 0 Å². The Labute approximate surface area is 130 Å². The number of nitrogens with two attached hydrogens (primary N) is 1. The zero-order valence-corrected chi connectivity index (χ0v) is 12.4. The molecule has 0 aliphatic heterocycles. The van der Waals surface area contributed by atoms with Crippen LogP contribution in [0, 0.1) is 10.1 Å². The minimum atomic E-state index is -0.364. The molecule has 2 N–H and O–H groups in total. The lowest BCUT2D eigenvalue weighted by atomic mass is 10.1. The van der Waals surface area contributed by atoms with E-state index in [4.69, 9.17) is 5.73 Å². The largest absolute Gasteiger partial charge is 0.399 e. The molecule has 22 heavy (non-hydrogen) atoms. The first-order valence-electron chi connectivity index (χ1n) is 7.73. The second kappa shape index (κ2) is 6.18. The number of anilines is 1. The predicted molar refractivity (Wildman–Crippen MR) is 87.9 cm³/mol. The van der Waals surface area contributed by atoms with Crippen LogP contribution in [0.4, 0.5) is 11.4 Å². The van der Waals surface area contributed by atoms with E-state index >= 15 is 0 Å². The third-order valence-corrected chi connectivity index (χ3v) is 4.14. The molecular formula is C18H20N2O2. The van der Waals surface area contributed by atoms with E-state index in [2.05, 4.69) is 12.1 Å². The summed E-state index contributed by atoms with van der Waals surface area (Å²) in [5, 5.41) is 10.3. The van der Waals surface area contributed by atoms with Crippen LogP contribution in [-0.4, -0.2) is 4.92 Å². The van der Waals surface area contributed by atoms with Crippen molar-refractivity contribution in [3.05, 3.63) is 69.8 Å². The Kier molecular flexibility index (Phi) is 4.09. The fourth-order valence-electron chi connectivity index (χ4n) is 2.47. The van der Waals surface area contributed by atoms with Crippen molar-refractivity contribution in [2.45, 2.75) is 37.5 Å². The number of rotatable bonds is 3. The zero-order valence-electron chi connectivity index (χ0n) is 12.4. The van der Waals surface area contributed by atoms with Crippen molar-refractivity contribution in [3.63, 3.8) is 0 Å². The number of nitro groups is 1. The molecule has 2 aliphatic carbocycles. The molecule has 4 heteroatoms. The van der Waals surface area contributed by atoms with Gasteiger partial charge in [0.2, 0.25) is 0 Å². The van der Waals surface area contributed by atoms with Gasteiger partial charge in [0, 0.05) is 17.8 Å². The summed E-state index contributed by atoms with van der Waals surface area (Å²) in [7, 11) is 0. The number of non-ortho nitro benzene ring substituents is 1. The number of nitrogen functional groups attached to an aromatic ring is 1. The highest BCUT2D eigenvalue weighted by molar-refractivity contribution is 5.41. The van der Waals surface area contributed by atoms with Gasteiger partial charge >= 0.3 is 0 Å². The monoisotopic (exact) mass is 296 g/mol. The summed E-state index contributed by atoms with van der Waals surface area (Å²) in [6, 6.07) is 15.1. The van der Waals surface area contributed by atoms with Gasteiger partial charge in [0.05, 0.1) is 4.92 Å². The van der Waals surface area contributed by atoms with E-state index in [9.17, 15) is 10.1 Å². The lowest BCUT2D eigenvalue weighted by Gasteiger charge is -1.96. The molecule has 0 bridgehead atoms. The highest BCUT2D eigenvalue weighted by atomic mass is 16.6. The van der Waals surface area contributed by atoms with Crippen LogP contribution < -0.4 is 5.73 Å². The molecule has 0 heterocycles. The Morgan fingerprint density at radius 3 is 1.59 bits per heavy atom. The summed E-state index contributed by atoms with van der Waals surface area (Å²) in [5.74, 6) is 1.52. The lowest BCUT2D eigenvalue weighted by molar-refractivity contribution is -0.384. The second-order valence-electron chi connectivity index (χ2n) is 6.06. The van der Waals surface area contributed by atoms with Gasteiger partial charge < -0.3 is 5.73 Å². The summed E-state index contributed by atoms with van der Waals surface area (Å²) in [6.45, 7) is 0. The van der Waals surface area contributed by atoms with E-state index in [-0.39, 0.29) is 10.6 Å². The minimum Gasteiger partial charge on any atom is -0.399 e. The van der Waals surface area contributed by atoms with E-state index in [1.54, 1.807) is 12.1 Å². The molecule has 2 fully saturated rings. The topological polar surface area (TPSA) is 69.2 Å². The first-order valence-corrected chi connectivity index (χ1v) is 7.73. The molecule has 4 rings (SSSR count). The van der Waals surface area contributed by atoms with Crippen molar-refractivity contribution in [2.24, 2.45) is 0 Å². The van der Waals surface area contributed by atoms with Crippen molar-refractivity contribution in [1.82, 2.24) is 0 Å². The summed E-state index contributed by atoms with van der Waals surface area (Å²) in [5.41, 5.74) is 9.28. The maximum absolute atomic E-state index is 10.3. The van der Waals surface area contributed by atoms with Crippen LogP contribution in [0.3, 0.4) is 0 Å². The predicted octanol–water partition coefficient (Wildman–Crippen LogP) is 4.62. The van der Waals surface area contributed by atoms with Crippen LogP contribution in [0.25, 0.3) is 0 Å². The maximum Gasteiger partial charge on any atom is 0.269 e. The number of nitrogens with zero attached hydrogens (tertiary/aromatic N) is 1. The van der Waals surface area contributed by atoms with Gasteiger partial charge in [0.25, 0.3) is 5.69 Å². The van der Waals surface area contributed by atoms with E-state index in [1.807, 2.05) is 24.3 Å². The molecule has 0 atom stereocenters. The average molecular weight is 296 g/mol. The van der Waals surface area contributed by atoms with Crippen molar-refractivity contribution >= 4 is 11.4 Å². The van der Waals surface area contributed by atoms with E-state index in [0.717, 1.165) is 11.6 Å². The summed E-state index contributed by atoms with van der Waals surface area (Å²) < 4.78 is 0. The van der Waals surface area contributed by atoms with Gasteiger partial charge in [-0.15, -0.1) is 0 Å². The van der Waals surface area contributed by atoms with E-state index in [0.29, 0.717) is 5.92 Å². The SMILES string of the molecule is Nc1ccc(C2CC2)cc1.O=[N+]([O-])c1ccc(C2CC2)cc1. The van der Waals surface area contributed by atoms with Crippen LogP contribution in [0.1, 0.15) is 48.6 Å². The highest BCUT2D eigenvalue weighted by Crippen LogP contribution is 2.40. The summed E-state index contributed by atoms with van der Waals surface area (Å²) >= 11 is 0. The van der Waals surface area contributed by atoms with Gasteiger partial charge in [-0.05, 0) is 60.8 Å². The smallest absolute Gasteiger partial charge is 0.269 e. The molecule has 2 saturated carbocycles. The van der Waals surface area contributed by atoms with Gasteiger partial charge in [0.1, 0.15) is 0 Å². The van der Waals surface area contributed by atoms with Gasteiger partial charge in [-0.2, -0.15) is 0 Å². The molecule has 4 nitrogen and oxygen atoms in total. The number of hydrogen-bond donors (Lipinski definition) is 1. The second-order valence-corrected chi connectivity index (χ2v) is 6.06. The van der Waals surface area contributed by atoms with Crippen molar-refractivity contribution < 1.29 is 4.92 Å². The maximum atomic E-state index is 10.3. The zero-order chi connectivity index (χ0) is 15.5. The fourth-order valence-corrected chi connectivity index (χ4v) is 2.47. The highest BCUT2D eigenvalue weighted by Gasteiger charge is 2.23. The average Bonchev–Trinajstić information content (AvgIpc) is 3.41. The molecule has 0 radical (unpaired) electrons. The normalized spacial score (nSPS) is 16.5. The quantitative estimate of drug-likeness (QED) is 0.510. The number of hydrogen-bond acceptors (Lipinski definition) is 3. The molecule has 0 aromatic heterocycles. The molecule has 0 saturated heterocycles. The van der Waals surface area contributed by atoms with Gasteiger partial charge in [0.15, 0.2) is 0 Å². The Morgan fingerprint density at radius 1 is 0.818 bits per heavy atom. The van der Waals surface area contributed by atoms with Crippen LogP contribution in [0.2, 0.25) is 0 Å².